The molecule has 3 rings (SSSR count). The number of alkyl halides is 3. The first-order valence-electron chi connectivity index (χ1n) is 7.03. The highest BCUT2D eigenvalue weighted by Gasteiger charge is 2.62. The maximum absolute atomic E-state index is 13.5. The smallest absolute Gasteiger partial charge is 0.421 e. The van der Waals surface area contributed by atoms with E-state index in [0.717, 1.165) is 6.07 Å². The molecule has 2 aromatic rings. The third-order valence-corrected chi connectivity index (χ3v) is 4.00. The van der Waals surface area contributed by atoms with Crippen molar-refractivity contribution in [3.05, 3.63) is 57.2 Å². The van der Waals surface area contributed by atoms with E-state index in [0.29, 0.717) is 0 Å². The number of halogens is 4. The Hall–Kier alpha value is -2.39. The minimum Gasteiger partial charge on any atom is -0.433 e. The topological polar surface area (TPSA) is 74.5 Å². The van der Waals surface area contributed by atoms with Crippen LogP contribution in [-0.2, 0) is 10.3 Å². The molecule has 6 nitrogen and oxygen atoms in total. The Bertz CT molecular complexity index is 825. The number of ether oxygens (including phenoxy) is 2. The molecule has 0 N–H and O–H groups in total. The fourth-order valence-electron chi connectivity index (χ4n) is 2.51. The van der Waals surface area contributed by atoms with Crippen molar-refractivity contribution in [2.24, 2.45) is 0 Å². The molecule has 1 aliphatic heterocycles. The molecule has 10 heteroatoms. The molecular formula is C15H10ClF3N2O4. The summed E-state index contributed by atoms with van der Waals surface area (Å²) in [5, 5.41) is 11.0. The summed E-state index contributed by atoms with van der Waals surface area (Å²) in [6.45, 7) is -0.0522. The van der Waals surface area contributed by atoms with Gasteiger partial charge in [0.2, 0.25) is 0 Å². The van der Waals surface area contributed by atoms with Crippen LogP contribution in [0.25, 0.3) is 0 Å². The fraction of sp³-hybridized carbons (Fsp3) is 0.267. The van der Waals surface area contributed by atoms with Crippen molar-refractivity contribution in [2.45, 2.75) is 18.2 Å². The average Bonchev–Trinajstić information content (AvgIpc) is 2.46. The van der Waals surface area contributed by atoms with Crippen molar-refractivity contribution in [1.82, 2.24) is 4.98 Å². The standard InChI is InChI=1S/C15H10ClF3N2O4/c16-12-6-5-10(21(22)23)13(20-12)25-11-4-2-1-3-9(11)14(7-8-24-14)15(17,18)19/h1-6H,7-8H2. The van der Waals surface area contributed by atoms with Crippen molar-refractivity contribution >= 4 is 17.3 Å². The Kier molecular flexibility index (Phi) is 4.29. The van der Waals surface area contributed by atoms with Crippen LogP contribution in [0.4, 0.5) is 18.9 Å². The molecule has 1 aliphatic rings. The Labute approximate surface area is 144 Å². The molecule has 1 unspecified atom stereocenters. The molecule has 1 aromatic heterocycles. The summed E-state index contributed by atoms with van der Waals surface area (Å²) in [6, 6.07) is 7.56. The van der Waals surface area contributed by atoms with Crippen LogP contribution in [-0.4, -0.2) is 22.7 Å². The summed E-state index contributed by atoms with van der Waals surface area (Å²) >= 11 is 5.71. The van der Waals surface area contributed by atoms with E-state index in [1.165, 1.54) is 30.3 Å². The largest absolute Gasteiger partial charge is 0.433 e. The first kappa shape index (κ1) is 17.4. The third-order valence-electron chi connectivity index (χ3n) is 3.79. The van der Waals surface area contributed by atoms with Crippen LogP contribution in [0.1, 0.15) is 12.0 Å². The number of nitro groups is 1. The Morgan fingerprint density at radius 1 is 1.28 bits per heavy atom. The van der Waals surface area contributed by atoms with Gasteiger partial charge in [0.25, 0.3) is 0 Å². The maximum atomic E-state index is 13.5. The van der Waals surface area contributed by atoms with Crippen LogP contribution in [0.2, 0.25) is 5.15 Å². The van der Waals surface area contributed by atoms with Gasteiger partial charge in [-0.05, 0) is 12.1 Å². The number of rotatable bonds is 4. The monoisotopic (exact) mass is 374 g/mol. The molecule has 2 heterocycles. The van der Waals surface area contributed by atoms with Gasteiger partial charge in [-0.2, -0.15) is 18.2 Å². The van der Waals surface area contributed by atoms with E-state index >= 15 is 0 Å². The number of aromatic nitrogens is 1. The summed E-state index contributed by atoms with van der Waals surface area (Å²) in [4.78, 5) is 14.0. The molecule has 1 atom stereocenters. The highest BCUT2D eigenvalue weighted by Crippen LogP contribution is 2.53. The Balaban J connectivity index is 2.07. The average molecular weight is 375 g/mol. The highest BCUT2D eigenvalue weighted by molar-refractivity contribution is 6.29. The Morgan fingerprint density at radius 3 is 2.52 bits per heavy atom. The van der Waals surface area contributed by atoms with Gasteiger partial charge < -0.3 is 9.47 Å². The van der Waals surface area contributed by atoms with Gasteiger partial charge in [0.15, 0.2) is 5.60 Å². The molecular weight excluding hydrogens is 365 g/mol. The van der Waals surface area contributed by atoms with Crippen molar-refractivity contribution in [2.75, 3.05) is 6.61 Å². The van der Waals surface area contributed by atoms with Crippen LogP contribution < -0.4 is 4.74 Å². The van der Waals surface area contributed by atoms with E-state index in [4.69, 9.17) is 21.1 Å². The first-order valence-corrected chi connectivity index (χ1v) is 7.41. The lowest BCUT2D eigenvalue weighted by atomic mass is 9.85. The van der Waals surface area contributed by atoms with E-state index < -0.39 is 28.3 Å². The van der Waals surface area contributed by atoms with E-state index in [2.05, 4.69) is 4.98 Å². The van der Waals surface area contributed by atoms with Gasteiger partial charge in [0, 0.05) is 18.1 Å². The summed E-state index contributed by atoms with van der Waals surface area (Å²) in [5.41, 5.74) is -3.30. The lowest BCUT2D eigenvalue weighted by Crippen LogP contribution is -2.52. The molecule has 1 fully saturated rings. The van der Waals surface area contributed by atoms with Gasteiger partial charge in [-0.1, -0.05) is 29.8 Å². The summed E-state index contributed by atoms with van der Waals surface area (Å²) in [6.07, 6.45) is -4.94. The van der Waals surface area contributed by atoms with Gasteiger partial charge in [0.05, 0.1) is 11.5 Å². The van der Waals surface area contributed by atoms with Crippen LogP contribution in [0.3, 0.4) is 0 Å². The number of hydrogen-bond donors (Lipinski definition) is 0. The van der Waals surface area contributed by atoms with Crippen LogP contribution >= 0.6 is 11.6 Å². The van der Waals surface area contributed by atoms with Crippen molar-refractivity contribution in [1.29, 1.82) is 0 Å². The summed E-state index contributed by atoms with van der Waals surface area (Å²) < 4.78 is 50.7. The van der Waals surface area contributed by atoms with E-state index in [1.54, 1.807) is 0 Å². The van der Waals surface area contributed by atoms with E-state index in [-0.39, 0.29) is 29.5 Å². The summed E-state index contributed by atoms with van der Waals surface area (Å²) in [5.74, 6) is -0.737. The van der Waals surface area contributed by atoms with Crippen molar-refractivity contribution in [3.63, 3.8) is 0 Å². The SMILES string of the molecule is O=[N+]([O-])c1ccc(Cl)nc1Oc1ccccc1C1(C(F)(F)F)CCO1. The summed E-state index contributed by atoms with van der Waals surface area (Å²) in [7, 11) is 0. The van der Waals surface area contributed by atoms with Crippen LogP contribution in [0.15, 0.2) is 36.4 Å². The lowest BCUT2D eigenvalue weighted by Gasteiger charge is -2.43. The maximum Gasteiger partial charge on any atom is 0.421 e. The number of hydrogen-bond acceptors (Lipinski definition) is 5. The molecule has 0 amide bonds. The number of pyridine rings is 1. The van der Waals surface area contributed by atoms with Crippen LogP contribution in [0.5, 0.6) is 11.6 Å². The predicted molar refractivity (Wildman–Crippen MR) is 80.7 cm³/mol. The fourth-order valence-corrected chi connectivity index (χ4v) is 2.65. The molecule has 0 aliphatic carbocycles. The predicted octanol–water partition coefficient (Wildman–Crippen LogP) is 4.61. The highest BCUT2D eigenvalue weighted by atomic mass is 35.5. The molecule has 0 bridgehead atoms. The normalized spacial score (nSPS) is 20.0. The van der Waals surface area contributed by atoms with E-state index in [9.17, 15) is 23.3 Å². The number of para-hydroxylation sites is 1. The molecule has 1 aromatic carbocycles. The van der Waals surface area contributed by atoms with Gasteiger partial charge in [-0.25, -0.2) is 0 Å². The zero-order valence-corrected chi connectivity index (χ0v) is 13.2. The van der Waals surface area contributed by atoms with Gasteiger partial charge >= 0.3 is 17.7 Å². The molecule has 25 heavy (non-hydrogen) atoms. The van der Waals surface area contributed by atoms with Crippen LogP contribution in [0, 0.1) is 10.1 Å². The molecule has 0 spiro atoms. The second kappa shape index (κ2) is 6.16. The zero-order valence-electron chi connectivity index (χ0n) is 12.4. The van der Waals surface area contributed by atoms with Gasteiger partial charge in [-0.3, -0.25) is 10.1 Å². The molecule has 1 saturated heterocycles. The quantitative estimate of drug-likeness (QED) is 0.443. The second-order valence-electron chi connectivity index (χ2n) is 5.24. The third kappa shape index (κ3) is 3.00. The minimum atomic E-state index is -4.67. The number of nitrogens with zero attached hydrogens (tertiary/aromatic N) is 2. The zero-order chi connectivity index (χ0) is 18.2. The molecule has 0 radical (unpaired) electrons. The molecule has 132 valence electrons. The van der Waals surface area contributed by atoms with Crippen molar-refractivity contribution in [3.8, 4) is 11.6 Å². The Morgan fingerprint density at radius 2 is 1.96 bits per heavy atom. The van der Waals surface area contributed by atoms with Crippen molar-refractivity contribution < 1.29 is 27.6 Å². The second-order valence-corrected chi connectivity index (χ2v) is 5.62. The lowest BCUT2D eigenvalue weighted by molar-refractivity contribution is -0.386. The molecule has 0 saturated carbocycles. The minimum absolute atomic E-state index is 0.0522. The van der Waals surface area contributed by atoms with Gasteiger partial charge in [0.1, 0.15) is 10.9 Å². The van der Waals surface area contributed by atoms with E-state index in [1.807, 2.05) is 0 Å². The number of benzene rings is 1. The van der Waals surface area contributed by atoms with Gasteiger partial charge in [-0.15, -0.1) is 0 Å². The first-order chi connectivity index (χ1) is 11.7.